The lowest BCUT2D eigenvalue weighted by Gasteiger charge is -2.33. The summed E-state index contributed by atoms with van der Waals surface area (Å²) in [6.07, 6.45) is 8.00. The first-order chi connectivity index (χ1) is 9.29. The van der Waals surface area contributed by atoms with Gasteiger partial charge in [0.15, 0.2) is 0 Å². The SMILES string of the molecule is NCCc1ccc(N2CCC3CCCCC32)cc1Br. The zero-order valence-corrected chi connectivity index (χ0v) is 13.0. The molecule has 19 heavy (non-hydrogen) atoms. The van der Waals surface area contributed by atoms with Crippen LogP contribution in [0.15, 0.2) is 22.7 Å². The molecule has 2 nitrogen and oxygen atoms in total. The molecule has 1 saturated heterocycles. The number of hydrogen-bond acceptors (Lipinski definition) is 2. The molecule has 3 rings (SSSR count). The van der Waals surface area contributed by atoms with Gasteiger partial charge in [-0.3, -0.25) is 0 Å². The van der Waals surface area contributed by atoms with E-state index in [0.717, 1.165) is 18.4 Å². The Morgan fingerprint density at radius 1 is 1.21 bits per heavy atom. The van der Waals surface area contributed by atoms with E-state index in [1.54, 1.807) is 0 Å². The van der Waals surface area contributed by atoms with E-state index in [1.807, 2.05) is 0 Å². The summed E-state index contributed by atoms with van der Waals surface area (Å²) in [5.41, 5.74) is 8.36. The molecule has 1 aliphatic carbocycles. The van der Waals surface area contributed by atoms with Crippen molar-refractivity contribution in [1.82, 2.24) is 0 Å². The number of hydrogen-bond donors (Lipinski definition) is 1. The molecule has 3 heteroatoms. The molecular formula is C16H23BrN2. The maximum absolute atomic E-state index is 5.65. The van der Waals surface area contributed by atoms with Gasteiger partial charge in [-0.1, -0.05) is 34.8 Å². The van der Waals surface area contributed by atoms with E-state index in [9.17, 15) is 0 Å². The zero-order chi connectivity index (χ0) is 13.2. The number of nitrogens with two attached hydrogens (primary N) is 1. The Morgan fingerprint density at radius 2 is 2.05 bits per heavy atom. The second-order valence-corrected chi connectivity index (χ2v) is 6.76. The highest BCUT2D eigenvalue weighted by Crippen LogP contribution is 2.39. The van der Waals surface area contributed by atoms with Gasteiger partial charge in [0.25, 0.3) is 0 Å². The molecule has 2 fully saturated rings. The highest BCUT2D eigenvalue weighted by molar-refractivity contribution is 9.10. The van der Waals surface area contributed by atoms with Crippen LogP contribution in [0.2, 0.25) is 0 Å². The van der Waals surface area contributed by atoms with Gasteiger partial charge in [0.1, 0.15) is 0 Å². The molecule has 0 radical (unpaired) electrons. The van der Waals surface area contributed by atoms with Crippen LogP contribution in [0.5, 0.6) is 0 Å². The van der Waals surface area contributed by atoms with Gasteiger partial charge < -0.3 is 10.6 Å². The summed E-state index contributed by atoms with van der Waals surface area (Å²) in [6.45, 7) is 1.95. The smallest absolute Gasteiger partial charge is 0.0380 e. The first-order valence-corrected chi connectivity index (χ1v) is 8.34. The summed E-state index contributed by atoms with van der Waals surface area (Å²) in [4.78, 5) is 2.64. The molecule has 2 atom stereocenters. The van der Waals surface area contributed by atoms with Crippen molar-refractivity contribution in [2.45, 2.75) is 44.6 Å². The molecule has 1 aliphatic heterocycles. The van der Waals surface area contributed by atoms with Crippen molar-refractivity contribution < 1.29 is 0 Å². The molecule has 1 heterocycles. The Hall–Kier alpha value is -0.540. The number of nitrogens with zero attached hydrogens (tertiary/aromatic N) is 1. The minimum atomic E-state index is 0.715. The standard InChI is InChI=1S/C16H23BrN2/c17-15-11-14(6-5-12(15)7-9-18)19-10-8-13-3-1-2-4-16(13)19/h5-6,11,13,16H,1-4,7-10,18H2. The minimum absolute atomic E-state index is 0.715. The van der Waals surface area contributed by atoms with E-state index < -0.39 is 0 Å². The summed E-state index contributed by atoms with van der Waals surface area (Å²) in [5.74, 6) is 0.941. The molecule has 0 spiro atoms. The van der Waals surface area contributed by atoms with Crippen molar-refractivity contribution in [2.24, 2.45) is 11.7 Å². The third-order valence-electron chi connectivity index (χ3n) is 4.79. The van der Waals surface area contributed by atoms with E-state index in [0.29, 0.717) is 6.54 Å². The summed E-state index contributed by atoms with van der Waals surface area (Å²) < 4.78 is 1.22. The van der Waals surface area contributed by atoms with Gasteiger partial charge in [0.05, 0.1) is 0 Å². The second kappa shape index (κ2) is 5.84. The van der Waals surface area contributed by atoms with Gasteiger partial charge in [0, 0.05) is 22.7 Å². The highest BCUT2D eigenvalue weighted by atomic mass is 79.9. The Balaban J connectivity index is 1.80. The minimum Gasteiger partial charge on any atom is -0.368 e. The van der Waals surface area contributed by atoms with E-state index in [1.165, 1.54) is 54.4 Å². The summed E-state index contributed by atoms with van der Waals surface area (Å²) >= 11 is 3.70. The normalized spacial score (nSPS) is 26.5. The lowest BCUT2D eigenvalue weighted by Crippen LogP contribution is -2.34. The number of halogens is 1. The average Bonchev–Trinajstić information content (AvgIpc) is 2.85. The van der Waals surface area contributed by atoms with Crippen LogP contribution < -0.4 is 10.6 Å². The monoisotopic (exact) mass is 322 g/mol. The first-order valence-electron chi connectivity index (χ1n) is 7.54. The molecule has 0 amide bonds. The van der Waals surface area contributed by atoms with Gasteiger partial charge in [-0.2, -0.15) is 0 Å². The average molecular weight is 323 g/mol. The topological polar surface area (TPSA) is 29.3 Å². The molecular weight excluding hydrogens is 300 g/mol. The fraction of sp³-hybridized carbons (Fsp3) is 0.625. The molecule has 1 aromatic carbocycles. The van der Waals surface area contributed by atoms with Gasteiger partial charge >= 0.3 is 0 Å². The predicted molar refractivity (Wildman–Crippen MR) is 84.6 cm³/mol. The van der Waals surface area contributed by atoms with Crippen molar-refractivity contribution in [3.8, 4) is 0 Å². The van der Waals surface area contributed by atoms with Crippen LogP contribution in [-0.4, -0.2) is 19.1 Å². The molecule has 0 bridgehead atoms. The van der Waals surface area contributed by atoms with Crippen LogP contribution in [0, 0.1) is 5.92 Å². The maximum Gasteiger partial charge on any atom is 0.0380 e. The third kappa shape index (κ3) is 2.68. The zero-order valence-electron chi connectivity index (χ0n) is 11.4. The summed E-state index contributed by atoms with van der Waals surface area (Å²) in [7, 11) is 0. The van der Waals surface area contributed by atoms with Crippen molar-refractivity contribution in [2.75, 3.05) is 18.0 Å². The fourth-order valence-corrected chi connectivity index (χ4v) is 4.36. The van der Waals surface area contributed by atoms with Crippen LogP contribution in [-0.2, 0) is 6.42 Å². The van der Waals surface area contributed by atoms with E-state index in [-0.39, 0.29) is 0 Å². The molecule has 0 aromatic heterocycles. The second-order valence-electron chi connectivity index (χ2n) is 5.91. The fourth-order valence-electron chi connectivity index (χ4n) is 3.80. The van der Waals surface area contributed by atoms with Crippen LogP contribution >= 0.6 is 15.9 Å². The maximum atomic E-state index is 5.65. The number of rotatable bonds is 3. The van der Waals surface area contributed by atoms with Gasteiger partial charge in [0.2, 0.25) is 0 Å². The lowest BCUT2D eigenvalue weighted by molar-refractivity contribution is 0.342. The van der Waals surface area contributed by atoms with E-state index >= 15 is 0 Å². The van der Waals surface area contributed by atoms with Gasteiger partial charge in [-0.15, -0.1) is 0 Å². The van der Waals surface area contributed by atoms with Crippen LogP contribution in [0.3, 0.4) is 0 Å². The first kappa shape index (κ1) is 13.4. The van der Waals surface area contributed by atoms with Crippen molar-refractivity contribution in [1.29, 1.82) is 0 Å². The summed E-state index contributed by atoms with van der Waals surface area (Å²) in [6, 6.07) is 7.61. The van der Waals surface area contributed by atoms with Gasteiger partial charge in [-0.25, -0.2) is 0 Å². The van der Waals surface area contributed by atoms with Crippen LogP contribution in [0.1, 0.15) is 37.7 Å². The Morgan fingerprint density at radius 3 is 2.84 bits per heavy atom. The van der Waals surface area contributed by atoms with Crippen molar-refractivity contribution >= 4 is 21.6 Å². The Kier molecular flexibility index (Phi) is 4.13. The molecule has 2 aliphatic rings. The van der Waals surface area contributed by atoms with Crippen LogP contribution in [0.25, 0.3) is 0 Å². The summed E-state index contributed by atoms with van der Waals surface area (Å²) in [5, 5.41) is 0. The predicted octanol–water partition coefficient (Wildman–Crippen LogP) is 3.72. The third-order valence-corrected chi connectivity index (χ3v) is 5.53. The lowest BCUT2D eigenvalue weighted by atomic mass is 9.85. The largest absolute Gasteiger partial charge is 0.368 e. The number of fused-ring (bicyclic) bond motifs is 1. The number of benzene rings is 1. The molecule has 104 valence electrons. The molecule has 1 saturated carbocycles. The Labute approximate surface area is 124 Å². The van der Waals surface area contributed by atoms with E-state index in [2.05, 4.69) is 39.0 Å². The molecule has 1 aromatic rings. The van der Waals surface area contributed by atoms with E-state index in [4.69, 9.17) is 5.73 Å². The van der Waals surface area contributed by atoms with Crippen LogP contribution in [0.4, 0.5) is 5.69 Å². The number of anilines is 1. The quantitative estimate of drug-likeness (QED) is 0.919. The van der Waals surface area contributed by atoms with Gasteiger partial charge in [-0.05, 0) is 55.8 Å². The Bertz CT molecular complexity index is 446. The molecule has 2 unspecified atom stereocenters. The highest BCUT2D eigenvalue weighted by Gasteiger charge is 2.35. The van der Waals surface area contributed by atoms with Crippen molar-refractivity contribution in [3.05, 3.63) is 28.2 Å². The molecule has 2 N–H and O–H groups in total. The van der Waals surface area contributed by atoms with Crippen molar-refractivity contribution in [3.63, 3.8) is 0 Å².